The van der Waals surface area contributed by atoms with Crippen molar-refractivity contribution in [1.82, 2.24) is 9.62 Å². The van der Waals surface area contributed by atoms with Crippen molar-refractivity contribution >= 4 is 26.0 Å². The van der Waals surface area contributed by atoms with E-state index in [0.717, 1.165) is 26.1 Å². The van der Waals surface area contributed by atoms with Gasteiger partial charge in [-0.3, -0.25) is 0 Å². The zero-order chi connectivity index (χ0) is 16.7. The molecule has 23 heavy (non-hydrogen) atoms. The third kappa shape index (κ3) is 5.74. The van der Waals surface area contributed by atoms with Crippen LogP contribution >= 0.6 is 15.9 Å². The molecule has 7 heteroatoms. The molecule has 0 saturated carbocycles. The zero-order valence-corrected chi connectivity index (χ0v) is 16.0. The van der Waals surface area contributed by atoms with Crippen LogP contribution in [0.3, 0.4) is 0 Å². The highest BCUT2D eigenvalue weighted by Crippen LogP contribution is 2.27. The lowest BCUT2D eigenvalue weighted by atomic mass is 10.2. The Labute approximate surface area is 147 Å². The molecular formula is C16H25BrN2O3S. The standard InChI is InChI=1S/C16H25BrN2O3S/c1-22-16-8-7-14(13-15(16)17)23(20,21)18-9-6-12-19-10-4-2-3-5-11-19/h7-8,13,18H,2-6,9-12H2,1H3. The van der Waals surface area contributed by atoms with E-state index in [1.807, 2.05) is 0 Å². The Bertz CT molecular complexity index is 599. The molecule has 0 spiro atoms. The summed E-state index contributed by atoms with van der Waals surface area (Å²) in [5.41, 5.74) is 0. The fourth-order valence-corrected chi connectivity index (χ4v) is 4.56. The Morgan fingerprint density at radius 3 is 2.52 bits per heavy atom. The minimum atomic E-state index is -3.47. The monoisotopic (exact) mass is 404 g/mol. The van der Waals surface area contributed by atoms with Gasteiger partial charge in [0.15, 0.2) is 0 Å². The normalized spacial score (nSPS) is 17.0. The molecule has 1 aromatic rings. The van der Waals surface area contributed by atoms with Gasteiger partial charge in [-0.2, -0.15) is 0 Å². The van der Waals surface area contributed by atoms with Gasteiger partial charge in [0, 0.05) is 6.54 Å². The van der Waals surface area contributed by atoms with E-state index in [4.69, 9.17) is 4.74 Å². The van der Waals surface area contributed by atoms with E-state index in [-0.39, 0.29) is 4.90 Å². The molecule has 130 valence electrons. The summed E-state index contributed by atoms with van der Waals surface area (Å²) in [6.07, 6.45) is 5.97. The molecule has 1 fully saturated rings. The van der Waals surface area contributed by atoms with Crippen LogP contribution in [0.15, 0.2) is 27.6 Å². The molecule has 0 aromatic heterocycles. The molecule has 0 aliphatic carbocycles. The van der Waals surface area contributed by atoms with Crippen molar-refractivity contribution in [2.75, 3.05) is 33.3 Å². The number of benzene rings is 1. The van der Waals surface area contributed by atoms with Gasteiger partial charge < -0.3 is 9.64 Å². The van der Waals surface area contributed by atoms with Crippen LogP contribution in [-0.2, 0) is 10.0 Å². The minimum absolute atomic E-state index is 0.250. The Hall–Kier alpha value is -0.630. The molecule has 1 aliphatic rings. The largest absolute Gasteiger partial charge is 0.496 e. The molecule has 1 heterocycles. The zero-order valence-electron chi connectivity index (χ0n) is 13.6. The predicted octanol–water partition coefficient (Wildman–Crippen LogP) is 3.00. The van der Waals surface area contributed by atoms with Gasteiger partial charge in [0.1, 0.15) is 5.75 Å². The quantitative estimate of drug-likeness (QED) is 0.709. The van der Waals surface area contributed by atoms with Crippen molar-refractivity contribution in [3.8, 4) is 5.75 Å². The van der Waals surface area contributed by atoms with Crippen LogP contribution in [0.25, 0.3) is 0 Å². The molecule has 2 rings (SSSR count). The lowest BCUT2D eigenvalue weighted by Crippen LogP contribution is -2.30. The number of methoxy groups -OCH3 is 1. The number of likely N-dealkylation sites (tertiary alicyclic amines) is 1. The van der Waals surface area contributed by atoms with Gasteiger partial charge in [-0.25, -0.2) is 13.1 Å². The van der Waals surface area contributed by atoms with Crippen molar-refractivity contribution in [1.29, 1.82) is 0 Å². The highest BCUT2D eigenvalue weighted by atomic mass is 79.9. The molecule has 1 saturated heterocycles. The molecule has 0 unspecified atom stereocenters. The third-order valence-corrected chi connectivity index (χ3v) is 6.15. The second kappa shape index (κ2) is 9.01. The number of halogens is 1. The molecular weight excluding hydrogens is 380 g/mol. The molecule has 1 N–H and O–H groups in total. The summed E-state index contributed by atoms with van der Waals surface area (Å²) < 4.78 is 33.0. The Balaban J connectivity index is 1.82. The van der Waals surface area contributed by atoms with Gasteiger partial charge in [0.2, 0.25) is 10.0 Å². The third-order valence-electron chi connectivity index (χ3n) is 4.08. The van der Waals surface area contributed by atoms with Crippen molar-refractivity contribution in [3.63, 3.8) is 0 Å². The topological polar surface area (TPSA) is 58.6 Å². The first-order chi connectivity index (χ1) is 11.0. The average Bonchev–Trinajstić information content (AvgIpc) is 2.80. The van der Waals surface area contributed by atoms with Gasteiger partial charge in [0.25, 0.3) is 0 Å². The van der Waals surface area contributed by atoms with Crippen LogP contribution in [0.4, 0.5) is 0 Å². The molecule has 0 amide bonds. The van der Waals surface area contributed by atoms with Crippen molar-refractivity contribution < 1.29 is 13.2 Å². The maximum absolute atomic E-state index is 12.3. The fourth-order valence-electron chi connectivity index (χ4n) is 2.77. The number of hydrogen-bond acceptors (Lipinski definition) is 4. The van der Waals surface area contributed by atoms with E-state index in [9.17, 15) is 8.42 Å². The summed E-state index contributed by atoms with van der Waals surface area (Å²) in [7, 11) is -1.92. The van der Waals surface area contributed by atoms with Crippen molar-refractivity contribution in [3.05, 3.63) is 22.7 Å². The van der Waals surface area contributed by atoms with E-state index >= 15 is 0 Å². The van der Waals surface area contributed by atoms with Crippen molar-refractivity contribution in [2.24, 2.45) is 0 Å². The molecule has 0 radical (unpaired) electrons. The number of ether oxygens (including phenoxy) is 1. The number of hydrogen-bond donors (Lipinski definition) is 1. The SMILES string of the molecule is COc1ccc(S(=O)(=O)NCCCN2CCCCCC2)cc1Br. The van der Waals surface area contributed by atoms with E-state index in [2.05, 4.69) is 25.6 Å². The lowest BCUT2D eigenvalue weighted by molar-refractivity contribution is 0.282. The Morgan fingerprint density at radius 1 is 1.22 bits per heavy atom. The first-order valence-electron chi connectivity index (χ1n) is 8.08. The van der Waals surface area contributed by atoms with Crippen LogP contribution in [0.2, 0.25) is 0 Å². The second-order valence-electron chi connectivity index (χ2n) is 5.80. The van der Waals surface area contributed by atoms with E-state index < -0.39 is 10.0 Å². The summed E-state index contributed by atoms with van der Waals surface area (Å²) >= 11 is 3.32. The number of nitrogens with zero attached hydrogens (tertiary/aromatic N) is 1. The molecule has 5 nitrogen and oxygen atoms in total. The summed E-state index contributed by atoms with van der Waals surface area (Å²) in [6.45, 7) is 3.69. The van der Waals surface area contributed by atoms with E-state index in [1.54, 1.807) is 25.3 Å². The Morgan fingerprint density at radius 2 is 1.91 bits per heavy atom. The van der Waals surface area contributed by atoms with Crippen molar-refractivity contribution in [2.45, 2.75) is 37.0 Å². The first-order valence-corrected chi connectivity index (χ1v) is 10.4. The van der Waals surface area contributed by atoms with E-state index in [1.165, 1.54) is 25.7 Å². The molecule has 0 bridgehead atoms. The molecule has 0 atom stereocenters. The number of nitrogens with one attached hydrogen (secondary N) is 1. The second-order valence-corrected chi connectivity index (χ2v) is 8.42. The summed E-state index contributed by atoms with van der Waals surface area (Å²) in [5, 5.41) is 0. The highest BCUT2D eigenvalue weighted by Gasteiger charge is 2.16. The average molecular weight is 405 g/mol. The molecule has 1 aliphatic heterocycles. The van der Waals surface area contributed by atoms with Crippen LogP contribution in [-0.4, -0.2) is 46.6 Å². The molecule has 1 aromatic carbocycles. The lowest BCUT2D eigenvalue weighted by Gasteiger charge is -2.19. The first kappa shape index (κ1) is 18.7. The predicted molar refractivity (Wildman–Crippen MR) is 95.4 cm³/mol. The van der Waals surface area contributed by atoms with Gasteiger partial charge in [0.05, 0.1) is 16.5 Å². The fraction of sp³-hybridized carbons (Fsp3) is 0.625. The van der Waals surface area contributed by atoms with Crippen LogP contribution in [0.5, 0.6) is 5.75 Å². The van der Waals surface area contributed by atoms with Crippen LogP contribution < -0.4 is 9.46 Å². The summed E-state index contributed by atoms with van der Waals surface area (Å²) in [6, 6.07) is 4.77. The Kier molecular flexibility index (Phi) is 7.33. The maximum atomic E-state index is 12.3. The van der Waals surface area contributed by atoms with Gasteiger partial charge in [-0.05, 0) is 73.0 Å². The van der Waals surface area contributed by atoms with E-state index in [0.29, 0.717) is 16.8 Å². The smallest absolute Gasteiger partial charge is 0.240 e. The highest BCUT2D eigenvalue weighted by molar-refractivity contribution is 9.10. The van der Waals surface area contributed by atoms with Crippen LogP contribution in [0, 0.1) is 0 Å². The maximum Gasteiger partial charge on any atom is 0.240 e. The number of rotatable bonds is 7. The minimum Gasteiger partial charge on any atom is -0.496 e. The van der Waals surface area contributed by atoms with Crippen LogP contribution in [0.1, 0.15) is 32.1 Å². The van der Waals surface area contributed by atoms with Gasteiger partial charge >= 0.3 is 0 Å². The van der Waals surface area contributed by atoms with Gasteiger partial charge in [-0.15, -0.1) is 0 Å². The number of sulfonamides is 1. The summed E-state index contributed by atoms with van der Waals surface area (Å²) in [5.74, 6) is 0.616. The van der Waals surface area contributed by atoms with Gasteiger partial charge in [-0.1, -0.05) is 12.8 Å². The summed E-state index contributed by atoms with van der Waals surface area (Å²) in [4.78, 5) is 2.69.